The average Bonchev–Trinajstić information content (AvgIpc) is 3.29. The van der Waals surface area contributed by atoms with Gasteiger partial charge in [-0.3, -0.25) is 23.5 Å². The molecule has 3 fully saturated rings. The molecular formula is C27H36FN5O4S. The number of nitrogens with zero attached hydrogens (tertiary/aromatic N) is 4. The van der Waals surface area contributed by atoms with Crippen molar-refractivity contribution in [2.45, 2.75) is 88.8 Å². The molecule has 38 heavy (non-hydrogen) atoms. The number of likely N-dealkylation sites (tertiary alicyclic amines) is 1. The van der Waals surface area contributed by atoms with Gasteiger partial charge in [-0.15, -0.1) is 0 Å². The Labute approximate surface area is 225 Å². The summed E-state index contributed by atoms with van der Waals surface area (Å²) in [6, 6.07) is 0.715. The molecule has 2 aromatic rings. The van der Waals surface area contributed by atoms with Crippen LogP contribution in [-0.2, 0) is 9.59 Å². The largest absolute Gasteiger partial charge is 0.352 e. The second-order valence-corrected chi connectivity index (χ2v) is 12.0. The van der Waals surface area contributed by atoms with Gasteiger partial charge in [-0.05, 0) is 75.4 Å². The van der Waals surface area contributed by atoms with E-state index in [0.717, 1.165) is 56.2 Å². The summed E-state index contributed by atoms with van der Waals surface area (Å²) in [5, 5.41) is 3.19. The summed E-state index contributed by atoms with van der Waals surface area (Å²) in [5.41, 5.74) is -0.604. The zero-order chi connectivity index (χ0) is 26.6. The second kappa shape index (κ2) is 12.0. The predicted octanol–water partition coefficient (Wildman–Crippen LogP) is 3.16. The molecule has 2 aliphatic heterocycles. The summed E-state index contributed by atoms with van der Waals surface area (Å²) in [6.07, 6.45) is 9.30. The lowest BCUT2D eigenvalue weighted by Gasteiger charge is -2.31. The van der Waals surface area contributed by atoms with Gasteiger partial charge in [-0.1, -0.05) is 6.42 Å². The van der Waals surface area contributed by atoms with Gasteiger partial charge in [0.1, 0.15) is 11.5 Å². The third kappa shape index (κ3) is 5.82. The van der Waals surface area contributed by atoms with Gasteiger partial charge in [0, 0.05) is 31.1 Å². The molecule has 2 saturated heterocycles. The van der Waals surface area contributed by atoms with Gasteiger partial charge in [0.05, 0.1) is 18.1 Å². The fourth-order valence-electron chi connectivity index (χ4n) is 6.13. The van der Waals surface area contributed by atoms with Crippen LogP contribution in [0.15, 0.2) is 21.9 Å². The number of rotatable bonds is 5. The number of carbonyl (C=O) groups excluding carboxylic acids is 2. The molecule has 0 aromatic carbocycles. The van der Waals surface area contributed by atoms with E-state index in [4.69, 9.17) is 0 Å². The van der Waals surface area contributed by atoms with Crippen molar-refractivity contribution in [3.63, 3.8) is 0 Å². The number of amides is 2. The van der Waals surface area contributed by atoms with E-state index in [1.54, 1.807) is 9.47 Å². The van der Waals surface area contributed by atoms with Crippen LogP contribution in [0.4, 0.5) is 4.39 Å². The SMILES string of the molecule is O=C(CN1CCCCCC1=O)NC1CCC(n2c(=O)c3cc(F)cnc3n(C3CCCSCC3)c2=O)CC1. The summed E-state index contributed by atoms with van der Waals surface area (Å²) in [4.78, 5) is 58.0. The minimum Gasteiger partial charge on any atom is -0.352 e. The molecule has 206 valence electrons. The Kier molecular flexibility index (Phi) is 8.50. The van der Waals surface area contributed by atoms with Gasteiger partial charge in [-0.2, -0.15) is 11.8 Å². The number of hydrogen-bond acceptors (Lipinski definition) is 6. The highest BCUT2D eigenvalue weighted by atomic mass is 32.2. The van der Waals surface area contributed by atoms with Crippen molar-refractivity contribution >= 4 is 34.6 Å². The van der Waals surface area contributed by atoms with Crippen LogP contribution < -0.4 is 16.6 Å². The number of pyridine rings is 1. The normalized spacial score (nSPS) is 25.1. The molecular weight excluding hydrogens is 509 g/mol. The lowest BCUT2D eigenvalue weighted by molar-refractivity contribution is -0.135. The number of hydrogen-bond donors (Lipinski definition) is 1. The zero-order valence-corrected chi connectivity index (χ0v) is 22.5. The maximum atomic E-state index is 14.2. The first kappa shape index (κ1) is 26.9. The predicted molar refractivity (Wildman–Crippen MR) is 145 cm³/mol. The first-order chi connectivity index (χ1) is 18.4. The second-order valence-electron chi connectivity index (χ2n) is 10.7. The summed E-state index contributed by atoms with van der Waals surface area (Å²) in [7, 11) is 0. The van der Waals surface area contributed by atoms with Crippen molar-refractivity contribution in [3.05, 3.63) is 38.9 Å². The molecule has 0 radical (unpaired) electrons. The lowest BCUT2D eigenvalue weighted by atomic mass is 9.91. The summed E-state index contributed by atoms with van der Waals surface area (Å²) in [5.74, 6) is 1.23. The third-order valence-corrected chi connectivity index (χ3v) is 9.24. The number of thioether (sulfide) groups is 1. The maximum Gasteiger partial charge on any atom is 0.333 e. The van der Waals surface area contributed by atoms with Crippen LogP contribution in [-0.4, -0.2) is 61.5 Å². The van der Waals surface area contributed by atoms with Gasteiger partial charge < -0.3 is 10.2 Å². The van der Waals surface area contributed by atoms with E-state index in [1.165, 1.54) is 10.6 Å². The molecule has 1 N–H and O–H groups in total. The quantitative estimate of drug-likeness (QED) is 0.619. The summed E-state index contributed by atoms with van der Waals surface area (Å²) >= 11 is 1.86. The van der Waals surface area contributed by atoms with E-state index in [9.17, 15) is 23.6 Å². The fourth-order valence-corrected chi connectivity index (χ4v) is 7.15. The molecule has 4 heterocycles. The summed E-state index contributed by atoms with van der Waals surface area (Å²) in [6.45, 7) is 0.692. The van der Waals surface area contributed by atoms with E-state index in [0.29, 0.717) is 38.6 Å². The van der Waals surface area contributed by atoms with Crippen LogP contribution in [0.25, 0.3) is 11.0 Å². The minimum atomic E-state index is -0.600. The molecule has 2 amide bonds. The van der Waals surface area contributed by atoms with Crippen molar-refractivity contribution in [3.8, 4) is 0 Å². The van der Waals surface area contributed by atoms with E-state index in [2.05, 4.69) is 10.3 Å². The van der Waals surface area contributed by atoms with E-state index in [1.807, 2.05) is 11.8 Å². The topological polar surface area (TPSA) is 106 Å². The van der Waals surface area contributed by atoms with Crippen LogP contribution in [0.2, 0.25) is 0 Å². The number of nitrogens with one attached hydrogen (secondary N) is 1. The van der Waals surface area contributed by atoms with Crippen molar-refractivity contribution in [2.75, 3.05) is 24.6 Å². The lowest BCUT2D eigenvalue weighted by Crippen LogP contribution is -2.47. The Morgan fingerprint density at radius 2 is 1.76 bits per heavy atom. The minimum absolute atomic E-state index is 0.0338. The Morgan fingerprint density at radius 1 is 0.974 bits per heavy atom. The molecule has 1 atom stereocenters. The van der Waals surface area contributed by atoms with Crippen molar-refractivity contribution in [2.24, 2.45) is 0 Å². The van der Waals surface area contributed by atoms with Gasteiger partial charge >= 0.3 is 5.69 Å². The molecule has 0 bridgehead atoms. The Balaban J connectivity index is 1.33. The van der Waals surface area contributed by atoms with Gasteiger partial charge in [0.15, 0.2) is 0 Å². The van der Waals surface area contributed by atoms with Gasteiger partial charge in [0.2, 0.25) is 11.8 Å². The first-order valence-corrected chi connectivity index (χ1v) is 15.0. The van der Waals surface area contributed by atoms with Crippen molar-refractivity contribution in [1.29, 1.82) is 0 Å². The molecule has 11 heteroatoms. The van der Waals surface area contributed by atoms with Crippen LogP contribution in [0.5, 0.6) is 0 Å². The molecule has 1 aliphatic carbocycles. The third-order valence-electron chi connectivity index (χ3n) is 8.14. The molecule has 2 aromatic heterocycles. The molecule has 5 rings (SSSR count). The average molecular weight is 546 g/mol. The number of carbonyl (C=O) groups is 2. The van der Waals surface area contributed by atoms with Crippen molar-refractivity contribution < 1.29 is 14.0 Å². The summed E-state index contributed by atoms with van der Waals surface area (Å²) < 4.78 is 17.1. The monoisotopic (exact) mass is 545 g/mol. The van der Waals surface area contributed by atoms with E-state index < -0.39 is 11.4 Å². The highest BCUT2D eigenvalue weighted by Gasteiger charge is 2.30. The Bertz CT molecular complexity index is 1290. The molecule has 0 spiro atoms. The molecule has 3 aliphatic rings. The molecule has 9 nitrogen and oxygen atoms in total. The van der Waals surface area contributed by atoms with Gasteiger partial charge in [0.25, 0.3) is 5.56 Å². The van der Waals surface area contributed by atoms with Crippen LogP contribution in [0.3, 0.4) is 0 Å². The van der Waals surface area contributed by atoms with Crippen LogP contribution in [0, 0.1) is 5.82 Å². The standard InChI is InChI=1S/C27H36FN5O4S/c28-18-15-22-25(29-16-18)32(20-5-4-13-38-14-11-20)27(37)33(26(22)36)21-9-7-19(8-10-21)30-23(34)17-31-12-3-1-2-6-24(31)35/h15-16,19-21H,1-14,17H2,(H,30,34). The Morgan fingerprint density at radius 3 is 2.58 bits per heavy atom. The highest BCUT2D eigenvalue weighted by molar-refractivity contribution is 7.99. The Hall–Kier alpha value is -2.69. The van der Waals surface area contributed by atoms with Crippen LogP contribution in [0.1, 0.15) is 82.7 Å². The highest BCUT2D eigenvalue weighted by Crippen LogP contribution is 2.30. The number of fused-ring (bicyclic) bond motifs is 1. The van der Waals surface area contributed by atoms with E-state index in [-0.39, 0.29) is 53.2 Å². The van der Waals surface area contributed by atoms with Crippen LogP contribution >= 0.6 is 11.8 Å². The molecule has 1 unspecified atom stereocenters. The maximum absolute atomic E-state index is 14.2. The van der Waals surface area contributed by atoms with E-state index >= 15 is 0 Å². The fraction of sp³-hybridized carbons (Fsp3) is 0.667. The first-order valence-electron chi connectivity index (χ1n) is 13.9. The van der Waals surface area contributed by atoms with Gasteiger partial charge in [-0.25, -0.2) is 14.2 Å². The van der Waals surface area contributed by atoms with Crippen molar-refractivity contribution in [1.82, 2.24) is 24.3 Å². The molecule has 1 saturated carbocycles. The zero-order valence-electron chi connectivity index (χ0n) is 21.7. The number of aromatic nitrogens is 3. The smallest absolute Gasteiger partial charge is 0.333 e. The number of halogens is 1.